The summed E-state index contributed by atoms with van der Waals surface area (Å²) in [5.74, 6) is -3.32. The lowest BCUT2D eigenvalue weighted by Crippen LogP contribution is -2.35. The highest BCUT2D eigenvalue weighted by atomic mass is 32.2. The molecule has 0 bridgehead atoms. The van der Waals surface area contributed by atoms with Crippen LogP contribution in [0.4, 0.5) is 20.2 Å². The fraction of sp³-hybridized carbons (Fsp3) is 0.364. The number of carbonyl (C=O) groups excluding carboxylic acids is 2. The number of benzene rings is 2. The number of rotatable bonds is 5. The van der Waals surface area contributed by atoms with Crippen LogP contribution in [0.25, 0.3) is 0 Å². The van der Waals surface area contributed by atoms with Gasteiger partial charge in [-0.3, -0.25) is 9.59 Å². The third kappa shape index (κ3) is 4.51. The largest absolute Gasteiger partial charge is 0.326 e. The topological polar surface area (TPSA) is 86.8 Å². The van der Waals surface area contributed by atoms with Crippen molar-refractivity contribution in [2.24, 2.45) is 5.92 Å². The zero-order valence-electron chi connectivity index (χ0n) is 17.3. The summed E-state index contributed by atoms with van der Waals surface area (Å²) < 4.78 is 54.4. The second kappa shape index (κ2) is 8.95. The molecule has 170 valence electrons. The normalized spacial score (nSPS) is 19.9. The second-order valence-electron chi connectivity index (χ2n) is 7.98. The van der Waals surface area contributed by atoms with Crippen LogP contribution in [0.3, 0.4) is 0 Å². The summed E-state index contributed by atoms with van der Waals surface area (Å²) in [5, 5.41) is 2.66. The van der Waals surface area contributed by atoms with Gasteiger partial charge in [0.1, 0.15) is 11.6 Å². The van der Waals surface area contributed by atoms with Crippen LogP contribution in [0.15, 0.2) is 47.4 Å². The molecule has 1 unspecified atom stereocenters. The van der Waals surface area contributed by atoms with Gasteiger partial charge in [-0.15, -0.1) is 0 Å². The molecule has 0 radical (unpaired) electrons. The Bertz CT molecular complexity index is 1150. The van der Waals surface area contributed by atoms with Gasteiger partial charge in [0.2, 0.25) is 21.8 Å². The first kappa shape index (κ1) is 22.3. The number of nitrogens with one attached hydrogen (secondary N) is 1. The molecule has 2 fully saturated rings. The molecule has 2 aliphatic heterocycles. The van der Waals surface area contributed by atoms with Gasteiger partial charge in [-0.05, 0) is 43.2 Å². The van der Waals surface area contributed by atoms with E-state index in [2.05, 4.69) is 5.32 Å². The van der Waals surface area contributed by atoms with Gasteiger partial charge < -0.3 is 10.2 Å². The molecule has 7 nitrogen and oxygen atoms in total. The van der Waals surface area contributed by atoms with Gasteiger partial charge in [-0.1, -0.05) is 12.5 Å². The van der Waals surface area contributed by atoms with E-state index in [1.54, 1.807) is 12.1 Å². The van der Waals surface area contributed by atoms with Gasteiger partial charge in [0, 0.05) is 37.8 Å². The molecule has 2 amide bonds. The van der Waals surface area contributed by atoms with Gasteiger partial charge in [0.25, 0.3) is 0 Å². The quantitative estimate of drug-likeness (QED) is 0.738. The lowest BCUT2D eigenvalue weighted by Gasteiger charge is -2.26. The average Bonchev–Trinajstić information content (AvgIpc) is 3.16. The van der Waals surface area contributed by atoms with Crippen molar-refractivity contribution < 1.29 is 26.8 Å². The first-order valence-electron chi connectivity index (χ1n) is 10.4. The predicted octanol–water partition coefficient (Wildman–Crippen LogP) is 3.13. The van der Waals surface area contributed by atoms with E-state index in [0.29, 0.717) is 24.8 Å². The molecule has 1 N–H and O–H groups in total. The number of hydrogen-bond acceptors (Lipinski definition) is 4. The van der Waals surface area contributed by atoms with Crippen molar-refractivity contribution in [3.63, 3.8) is 0 Å². The van der Waals surface area contributed by atoms with Crippen LogP contribution in [-0.2, 0) is 19.6 Å². The van der Waals surface area contributed by atoms with Gasteiger partial charge in [0.05, 0.1) is 16.5 Å². The minimum atomic E-state index is -3.65. The molecule has 2 heterocycles. The van der Waals surface area contributed by atoms with E-state index in [1.807, 2.05) is 0 Å². The molecular formula is C22H23F2N3O4S. The second-order valence-corrected chi connectivity index (χ2v) is 9.92. The van der Waals surface area contributed by atoms with Crippen molar-refractivity contribution in [3.05, 3.63) is 54.1 Å². The van der Waals surface area contributed by atoms with Crippen LogP contribution in [0.2, 0.25) is 0 Å². The SMILES string of the molecule is O=C(Nc1cccc(S(=O)(=O)N2CCCCC2)c1)C1CC(=O)N(c2ccc(F)cc2F)C1. The van der Waals surface area contributed by atoms with Crippen LogP contribution in [-0.4, -0.2) is 44.2 Å². The Morgan fingerprint density at radius 1 is 1.03 bits per heavy atom. The number of halogens is 2. The third-order valence-electron chi connectivity index (χ3n) is 5.75. The first-order chi connectivity index (χ1) is 15.3. The molecule has 2 aliphatic rings. The lowest BCUT2D eigenvalue weighted by atomic mass is 10.1. The zero-order valence-corrected chi connectivity index (χ0v) is 18.1. The molecule has 2 aromatic rings. The summed E-state index contributed by atoms with van der Waals surface area (Å²) in [7, 11) is -3.65. The number of anilines is 2. The Kier molecular flexibility index (Phi) is 6.25. The predicted molar refractivity (Wildman–Crippen MR) is 114 cm³/mol. The number of piperidine rings is 1. The van der Waals surface area contributed by atoms with Crippen molar-refractivity contribution >= 4 is 33.2 Å². The fourth-order valence-corrected chi connectivity index (χ4v) is 5.61. The third-order valence-corrected chi connectivity index (χ3v) is 7.65. The van der Waals surface area contributed by atoms with Gasteiger partial charge in [-0.2, -0.15) is 4.31 Å². The van der Waals surface area contributed by atoms with Gasteiger partial charge in [0.15, 0.2) is 0 Å². The van der Waals surface area contributed by atoms with Crippen LogP contribution in [0.1, 0.15) is 25.7 Å². The lowest BCUT2D eigenvalue weighted by molar-refractivity contribution is -0.122. The van der Waals surface area contributed by atoms with Gasteiger partial charge >= 0.3 is 0 Å². The maximum Gasteiger partial charge on any atom is 0.243 e. The van der Waals surface area contributed by atoms with Crippen molar-refractivity contribution in [2.45, 2.75) is 30.6 Å². The molecular weight excluding hydrogens is 440 g/mol. The van der Waals surface area contributed by atoms with E-state index >= 15 is 0 Å². The van der Waals surface area contributed by atoms with E-state index < -0.39 is 39.4 Å². The number of hydrogen-bond donors (Lipinski definition) is 1. The highest BCUT2D eigenvalue weighted by Crippen LogP contribution is 2.29. The van der Waals surface area contributed by atoms with Crippen LogP contribution in [0, 0.1) is 17.6 Å². The van der Waals surface area contributed by atoms with Crippen molar-refractivity contribution in [1.82, 2.24) is 4.31 Å². The van der Waals surface area contributed by atoms with Crippen LogP contribution in [0.5, 0.6) is 0 Å². The van der Waals surface area contributed by atoms with Gasteiger partial charge in [-0.25, -0.2) is 17.2 Å². The molecule has 2 saturated heterocycles. The molecule has 1 atom stereocenters. The van der Waals surface area contributed by atoms with E-state index in [9.17, 15) is 26.8 Å². The van der Waals surface area contributed by atoms with E-state index in [0.717, 1.165) is 36.3 Å². The summed E-state index contributed by atoms with van der Waals surface area (Å²) in [5.41, 5.74) is 0.216. The standard InChI is InChI=1S/C22H23F2N3O4S/c23-16-7-8-20(19(24)12-16)27-14-15(11-21(27)28)22(29)25-17-5-4-6-18(13-17)32(30,31)26-9-2-1-3-10-26/h4-8,12-13,15H,1-3,9-11,14H2,(H,25,29). The molecule has 0 spiro atoms. The molecule has 4 rings (SSSR count). The summed E-state index contributed by atoms with van der Waals surface area (Å²) >= 11 is 0. The molecule has 0 aliphatic carbocycles. The van der Waals surface area contributed by atoms with Crippen molar-refractivity contribution in [1.29, 1.82) is 0 Å². The fourth-order valence-electron chi connectivity index (χ4n) is 4.05. The molecule has 0 aromatic heterocycles. The monoisotopic (exact) mass is 463 g/mol. The summed E-state index contributed by atoms with van der Waals surface area (Å²) in [6.07, 6.45) is 2.50. The molecule has 32 heavy (non-hydrogen) atoms. The Balaban J connectivity index is 1.46. The summed E-state index contributed by atoms with van der Waals surface area (Å²) in [6, 6.07) is 8.90. The number of sulfonamides is 1. The number of nitrogens with zero attached hydrogens (tertiary/aromatic N) is 2. The molecule has 10 heteroatoms. The Morgan fingerprint density at radius 3 is 2.50 bits per heavy atom. The van der Waals surface area contributed by atoms with E-state index in [-0.39, 0.29) is 23.5 Å². The number of carbonyl (C=O) groups is 2. The van der Waals surface area contributed by atoms with Crippen molar-refractivity contribution in [3.8, 4) is 0 Å². The highest BCUT2D eigenvalue weighted by Gasteiger charge is 2.36. The number of amides is 2. The smallest absolute Gasteiger partial charge is 0.243 e. The molecule has 2 aromatic carbocycles. The summed E-state index contributed by atoms with van der Waals surface area (Å²) in [6.45, 7) is 0.886. The highest BCUT2D eigenvalue weighted by molar-refractivity contribution is 7.89. The zero-order chi connectivity index (χ0) is 22.9. The maximum atomic E-state index is 14.1. The minimum absolute atomic E-state index is 0.0566. The maximum absolute atomic E-state index is 14.1. The average molecular weight is 464 g/mol. The first-order valence-corrected chi connectivity index (χ1v) is 11.9. The van der Waals surface area contributed by atoms with Crippen molar-refractivity contribution in [2.75, 3.05) is 29.9 Å². The Labute approximate surface area is 185 Å². The van der Waals surface area contributed by atoms with Crippen LogP contribution >= 0.6 is 0 Å². The summed E-state index contributed by atoms with van der Waals surface area (Å²) in [4.78, 5) is 26.3. The Hall–Kier alpha value is -2.85. The van der Waals surface area contributed by atoms with E-state index in [4.69, 9.17) is 0 Å². The minimum Gasteiger partial charge on any atom is -0.326 e. The Morgan fingerprint density at radius 2 is 1.78 bits per heavy atom. The molecule has 0 saturated carbocycles. The van der Waals surface area contributed by atoms with Crippen LogP contribution < -0.4 is 10.2 Å². The van der Waals surface area contributed by atoms with E-state index in [1.165, 1.54) is 16.4 Å².